The molecule has 3 aromatic rings. The molecule has 0 aliphatic heterocycles. The number of ether oxygens (including phenoxy) is 1. The van der Waals surface area contributed by atoms with Crippen molar-refractivity contribution in [2.45, 2.75) is 20.8 Å². The van der Waals surface area contributed by atoms with E-state index in [1.54, 1.807) is 11.6 Å². The summed E-state index contributed by atoms with van der Waals surface area (Å²) in [6.07, 6.45) is 1.48. The van der Waals surface area contributed by atoms with E-state index >= 15 is 0 Å². The highest BCUT2D eigenvalue weighted by atomic mass is 32.1. The third kappa shape index (κ3) is 2.77. The molecule has 1 N–H and O–H groups in total. The molecule has 0 amide bonds. The molecule has 0 unspecified atom stereocenters. The van der Waals surface area contributed by atoms with Crippen molar-refractivity contribution in [1.29, 1.82) is 0 Å². The average molecular weight is 331 g/mol. The summed E-state index contributed by atoms with van der Waals surface area (Å²) in [7, 11) is 1.88. The maximum Gasteiger partial charge on any atom is 0.348 e. The number of carbonyl (C=O) groups excluding carboxylic acids is 1. The number of fused-ring (bicyclic) bond motifs is 1. The Morgan fingerprint density at radius 1 is 1.39 bits per heavy atom. The van der Waals surface area contributed by atoms with Crippen molar-refractivity contribution in [3.8, 4) is 0 Å². The molecule has 23 heavy (non-hydrogen) atoms. The number of nitrogens with one attached hydrogen (secondary N) is 1. The molecular formula is C15H17N5O2S. The van der Waals surface area contributed by atoms with Crippen LogP contribution >= 0.6 is 11.3 Å². The normalized spacial score (nSPS) is 11.0. The van der Waals surface area contributed by atoms with Crippen molar-refractivity contribution >= 4 is 39.2 Å². The topological polar surface area (TPSA) is 81.9 Å². The molecule has 0 bridgehead atoms. The van der Waals surface area contributed by atoms with Gasteiger partial charge in [0, 0.05) is 18.8 Å². The predicted octanol–water partition coefficient (Wildman–Crippen LogP) is 2.96. The first-order chi connectivity index (χ1) is 11.0. The Hall–Kier alpha value is -2.48. The largest absolute Gasteiger partial charge is 0.462 e. The van der Waals surface area contributed by atoms with E-state index in [-0.39, 0.29) is 5.97 Å². The molecular weight excluding hydrogens is 314 g/mol. The summed E-state index contributed by atoms with van der Waals surface area (Å²) < 4.78 is 6.89. The first-order valence-electron chi connectivity index (χ1n) is 7.20. The second kappa shape index (κ2) is 5.96. The van der Waals surface area contributed by atoms with E-state index in [2.05, 4.69) is 20.4 Å². The lowest BCUT2D eigenvalue weighted by molar-refractivity contribution is 0.0531. The third-order valence-electron chi connectivity index (χ3n) is 3.55. The summed E-state index contributed by atoms with van der Waals surface area (Å²) >= 11 is 1.31. The summed E-state index contributed by atoms with van der Waals surface area (Å²) in [5, 5.41) is 8.40. The number of hydrogen-bond donors (Lipinski definition) is 1. The van der Waals surface area contributed by atoms with Crippen LogP contribution < -0.4 is 5.32 Å². The van der Waals surface area contributed by atoms with E-state index < -0.39 is 0 Å². The fourth-order valence-corrected chi connectivity index (χ4v) is 3.34. The third-order valence-corrected chi connectivity index (χ3v) is 4.73. The molecule has 0 aliphatic rings. The van der Waals surface area contributed by atoms with Gasteiger partial charge in [-0.05, 0) is 26.3 Å². The van der Waals surface area contributed by atoms with Crippen LogP contribution in [0.2, 0.25) is 0 Å². The Morgan fingerprint density at radius 3 is 2.83 bits per heavy atom. The van der Waals surface area contributed by atoms with Crippen molar-refractivity contribution in [1.82, 2.24) is 19.7 Å². The van der Waals surface area contributed by atoms with Gasteiger partial charge in [-0.1, -0.05) is 0 Å². The maximum atomic E-state index is 12.1. The first kappa shape index (κ1) is 15.4. The quantitative estimate of drug-likeness (QED) is 0.740. The SMILES string of the molecule is CCOC(=O)c1sc2ncnc(Nc3cc(C)n(C)n3)c2c1C. The molecule has 0 saturated heterocycles. The Labute approximate surface area is 137 Å². The van der Waals surface area contributed by atoms with E-state index in [0.717, 1.165) is 21.5 Å². The van der Waals surface area contributed by atoms with Gasteiger partial charge in [-0.3, -0.25) is 4.68 Å². The molecule has 8 heteroatoms. The molecule has 0 radical (unpaired) electrons. The monoisotopic (exact) mass is 331 g/mol. The van der Waals surface area contributed by atoms with Crippen LogP contribution in [0.3, 0.4) is 0 Å². The maximum absolute atomic E-state index is 12.1. The molecule has 0 spiro atoms. The molecule has 0 aromatic carbocycles. The Kier molecular flexibility index (Phi) is 3.99. The molecule has 3 heterocycles. The van der Waals surface area contributed by atoms with E-state index in [1.165, 1.54) is 17.7 Å². The van der Waals surface area contributed by atoms with E-state index in [1.807, 2.05) is 27.0 Å². The predicted molar refractivity (Wildman–Crippen MR) is 89.3 cm³/mol. The van der Waals surface area contributed by atoms with Gasteiger partial charge in [-0.25, -0.2) is 14.8 Å². The van der Waals surface area contributed by atoms with Crippen LogP contribution in [0.25, 0.3) is 10.2 Å². The summed E-state index contributed by atoms with van der Waals surface area (Å²) in [5.74, 6) is 1.01. The van der Waals surface area contributed by atoms with Crippen molar-refractivity contribution in [3.63, 3.8) is 0 Å². The number of aryl methyl sites for hydroxylation is 3. The van der Waals surface area contributed by atoms with E-state index in [0.29, 0.717) is 23.1 Å². The van der Waals surface area contributed by atoms with Gasteiger partial charge in [0.2, 0.25) is 0 Å². The number of anilines is 2. The van der Waals surface area contributed by atoms with Crippen LogP contribution in [0.5, 0.6) is 0 Å². The van der Waals surface area contributed by atoms with E-state index in [9.17, 15) is 4.79 Å². The molecule has 0 atom stereocenters. The van der Waals surface area contributed by atoms with Gasteiger partial charge in [0.05, 0.1) is 12.0 Å². The van der Waals surface area contributed by atoms with Gasteiger partial charge in [-0.2, -0.15) is 5.10 Å². The second-order valence-corrected chi connectivity index (χ2v) is 6.10. The van der Waals surface area contributed by atoms with Crippen molar-refractivity contribution < 1.29 is 9.53 Å². The number of thiophene rings is 1. The fourth-order valence-electron chi connectivity index (χ4n) is 2.30. The molecule has 120 valence electrons. The van der Waals surface area contributed by atoms with Gasteiger partial charge in [0.15, 0.2) is 5.82 Å². The van der Waals surface area contributed by atoms with Crippen molar-refractivity contribution in [3.05, 3.63) is 28.5 Å². The zero-order valence-electron chi connectivity index (χ0n) is 13.4. The standard InChI is InChI=1S/C15H17N5O2S/c1-5-22-15(21)12-9(3)11-13(16-7-17-14(11)23-12)18-10-6-8(2)20(4)19-10/h6-7H,5H2,1-4H3,(H,16,17,18,19). The van der Waals surface area contributed by atoms with Gasteiger partial charge in [0.25, 0.3) is 0 Å². The Bertz CT molecular complexity index is 864. The highest BCUT2D eigenvalue weighted by Gasteiger charge is 2.20. The number of hydrogen-bond acceptors (Lipinski definition) is 7. The van der Waals surface area contributed by atoms with Gasteiger partial charge in [0.1, 0.15) is 21.9 Å². The number of rotatable bonds is 4. The molecule has 7 nitrogen and oxygen atoms in total. The first-order valence-corrected chi connectivity index (χ1v) is 8.01. The minimum Gasteiger partial charge on any atom is -0.462 e. The smallest absolute Gasteiger partial charge is 0.348 e. The van der Waals surface area contributed by atoms with Crippen LogP contribution in [0.1, 0.15) is 27.9 Å². The highest BCUT2D eigenvalue weighted by molar-refractivity contribution is 7.20. The zero-order chi connectivity index (χ0) is 16.6. The van der Waals surface area contributed by atoms with Crippen LogP contribution in [0.4, 0.5) is 11.6 Å². The van der Waals surface area contributed by atoms with E-state index in [4.69, 9.17) is 4.74 Å². The average Bonchev–Trinajstić information content (AvgIpc) is 3.00. The summed E-state index contributed by atoms with van der Waals surface area (Å²) in [6, 6.07) is 1.93. The number of aromatic nitrogens is 4. The Balaban J connectivity index is 2.05. The van der Waals surface area contributed by atoms with Crippen molar-refractivity contribution in [2.24, 2.45) is 7.05 Å². The summed E-state index contributed by atoms with van der Waals surface area (Å²) in [5.41, 5.74) is 1.85. The molecule has 3 rings (SSSR count). The lowest BCUT2D eigenvalue weighted by Gasteiger charge is -2.04. The van der Waals surface area contributed by atoms with Gasteiger partial charge >= 0.3 is 5.97 Å². The van der Waals surface area contributed by atoms with Crippen LogP contribution in [0, 0.1) is 13.8 Å². The Morgan fingerprint density at radius 2 is 2.17 bits per heavy atom. The number of esters is 1. The van der Waals surface area contributed by atoms with Crippen molar-refractivity contribution in [2.75, 3.05) is 11.9 Å². The molecule has 3 aromatic heterocycles. The van der Waals surface area contributed by atoms with Crippen LogP contribution in [0.15, 0.2) is 12.4 Å². The second-order valence-electron chi connectivity index (χ2n) is 5.10. The van der Waals surface area contributed by atoms with Crippen LogP contribution in [-0.4, -0.2) is 32.3 Å². The summed E-state index contributed by atoms with van der Waals surface area (Å²) in [4.78, 5) is 21.9. The van der Waals surface area contributed by atoms with Crippen LogP contribution in [-0.2, 0) is 11.8 Å². The number of carbonyl (C=O) groups is 1. The highest BCUT2D eigenvalue weighted by Crippen LogP contribution is 2.34. The minimum absolute atomic E-state index is 0.326. The number of nitrogens with zero attached hydrogens (tertiary/aromatic N) is 4. The lowest BCUT2D eigenvalue weighted by Crippen LogP contribution is -2.03. The van der Waals surface area contributed by atoms with Gasteiger partial charge < -0.3 is 10.1 Å². The minimum atomic E-state index is -0.326. The molecule has 0 aliphatic carbocycles. The lowest BCUT2D eigenvalue weighted by atomic mass is 10.2. The molecule has 0 fully saturated rings. The fraction of sp³-hybridized carbons (Fsp3) is 0.333. The summed E-state index contributed by atoms with van der Waals surface area (Å²) in [6.45, 7) is 5.99. The molecule has 0 saturated carbocycles. The zero-order valence-corrected chi connectivity index (χ0v) is 14.2. The van der Waals surface area contributed by atoms with Gasteiger partial charge in [-0.15, -0.1) is 11.3 Å².